The average molecular weight is 140 g/mol. The SMILES string of the molecule is CC.CC(C)OC(F)F. The van der Waals surface area contributed by atoms with E-state index in [2.05, 4.69) is 4.74 Å². The second kappa shape index (κ2) is 7.82. The van der Waals surface area contributed by atoms with E-state index in [0.29, 0.717) is 0 Å². The van der Waals surface area contributed by atoms with Crippen molar-refractivity contribution in [1.82, 2.24) is 0 Å². The Morgan fingerprint density at radius 1 is 1.11 bits per heavy atom. The maximum absolute atomic E-state index is 11.1. The van der Waals surface area contributed by atoms with Gasteiger partial charge in [0.15, 0.2) is 0 Å². The molecule has 0 radical (unpaired) electrons. The molecule has 1 nitrogen and oxygen atoms in total. The highest BCUT2D eigenvalue weighted by atomic mass is 19.3. The Kier molecular flexibility index (Phi) is 10.1. The van der Waals surface area contributed by atoms with Gasteiger partial charge in [-0.2, -0.15) is 8.78 Å². The van der Waals surface area contributed by atoms with Gasteiger partial charge in [0.2, 0.25) is 0 Å². The zero-order valence-electron chi connectivity index (χ0n) is 6.32. The lowest BCUT2D eigenvalue weighted by Gasteiger charge is -2.02. The van der Waals surface area contributed by atoms with E-state index < -0.39 is 6.61 Å². The quantitative estimate of drug-likeness (QED) is 0.573. The van der Waals surface area contributed by atoms with Crippen LogP contribution in [0.2, 0.25) is 0 Å². The topological polar surface area (TPSA) is 9.23 Å². The number of hydrogen-bond donors (Lipinski definition) is 0. The number of rotatable bonds is 2. The van der Waals surface area contributed by atoms with Crippen molar-refractivity contribution in [3.05, 3.63) is 0 Å². The van der Waals surface area contributed by atoms with Gasteiger partial charge in [0.1, 0.15) is 0 Å². The fourth-order valence-corrected chi connectivity index (χ4v) is 0.206. The molecule has 0 heterocycles. The van der Waals surface area contributed by atoms with Crippen LogP contribution in [0.4, 0.5) is 8.78 Å². The summed E-state index contributed by atoms with van der Waals surface area (Å²) in [6.07, 6.45) is -0.375. The highest BCUT2D eigenvalue weighted by molar-refractivity contribution is 4.31. The van der Waals surface area contributed by atoms with E-state index in [9.17, 15) is 8.78 Å². The Morgan fingerprint density at radius 2 is 1.44 bits per heavy atom. The summed E-state index contributed by atoms with van der Waals surface area (Å²) in [5.41, 5.74) is 0. The molecule has 0 saturated carbocycles. The molecular formula is C6H14F2O. The molecule has 0 saturated heterocycles. The minimum atomic E-state index is -2.63. The third-order valence-corrected chi connectivity index (χ3v) is 0.375. The predicted molar refractivity (Wildman–Crippen MR) is 33.6 cm³/mol. The summed E-state index contributed by atoms with van der Waals surface area (Å²) in [6, 6.07) is 0. The van der Waals surface area contributed by atoms with Crippen LogP contribution in [0.5, 0.6) is 0 Å². The van der Waals surface area contributed by atoms with E-state index in [1.54, 1.807) is 13.8 Å². The molecule has 0 N–H and O–H groups in total. The van der Waals surface area contributed by atoms with E-state index in [1.807, 2.05) is 13.8 Å². The molecule has 0 fully saturated rings. The van der Waals surface area contributed by atoms with Crippen LogP contribution in [0.3, 0.4) is 0 Å². The molecule has 58 valence electrons. The minimum Gasteiger partial charge on any atom is -0.320 e. The van der Waals surface area contributed by atoms with Crippen LogP contribution in [0, 0.1) is 0 Å². The van der Waals surface area contributed by atoms with Gasteiger partial charge in [0, 0.05) is 0 Å². The van der Waals surface area contributed by atoms with Crippen molar-refractivity contribution in [1.29, 1.82) is 0 Å². The molecule has 0 rings (SSSR count). The fraction of sp³-hybridized carbons (Fsp3) is 1.00. The van der Waals surface area contributed by atoms with Crippen LogP contribution in [-0.4, -0.2) is 12.7 Å². The first-order valence-electron chi connectivity index (χ1n) is 3.06. The smallest absolute Gasteiger partial charge is 0.320 e. The van der Waals surface area contributed by atoms with Gasteiger partial charge in [-0.05, 0) is 13.8 Å². The molecule has 0 aliphatic rings. The third kappa shape index (κ3) is 18.2. The molecule has 0 aromatic carbocycles. The second-order valence-corrected chi connectivity index (χ2v) is 1.45. The third-order valence-electron chi connectivity index (χ3n) is 0.375. The van der Waals surface area contributed by atoms with Gasteiger partial charge in [-0.15, -0.1) is 0 Å². The van der Waals surface area contributed by atoms with E-state index in [1.165, 1.54) is 0 Å². The van der Waals surface area contributed by atoms with Crippen LogP contribution < -0.4 is 0 Å². The Balaban J connectivity index is 0. The molecule has 0 aliphatic heterocycles. The summed E-state index contributed by atoms with van der Waals surface area (Å²) < 4.78 is 26.0. The van der Waals surface area contributed by atoms with Crippen LogP contribution in [0.15, 0.2) is 0 Å². The lowest BCUT2D eigenvalue weighted by molar-refractivity contribution is -0.152. The van der Waals surface area contributed by atoms with Crippen LogP contribution in [0.1, 0.15) is 27.7 Å². The first-order valence-corrected chi connectivity index (χ1v) is 3.06. The molecule has 0 spiro atoms. The number of halogens is 2. The monoisotopic (exact) mass is 140 g/mol. The van der Waals surface area contributed by atoms with Crippen molar-refractivity contribution < 1.29 is 13.5 Å². The van der Waals surface area contributed by atoms with Crippen molar-refractivity contribution in [3.8, 4) is 0 Å². The van der Waals surface area contributed by atoms with E-state index in [-0.39, 0.29) is 6.10 Å². The van der Waals surface area contributed by atoms with Crippen molar-refractivity contribution in [2.75, 3.05) is 0 Å². The Morgan fingerprint density at radius 3 is 1.44 bits per heavy atom. The Bertz CT molecular complexity index is 40.3. The predicted octanol–water partition coefficient (Wildman–Crippen LogP) is 2.66. The average Bonchev–Trinajstić information content (AvgIpc) is 1.68. The summed E-state index contributed by atoms with van der Waals surface area (Å²) >= 11 is 0. The van der Waals surface area contributed by atoms with E-state index >= 15 is 0 Å². The van der Waals surface area contributed by atoms with Crippen LogP contribution in [0.25, 0.3) is 0 Å². The van der Waals surface area contributed by atoms with Crippen molar-refractivity contribution in [2.45, 2.75) is 40.4 Å². The molecule has 0 unspecified atom stereocenters. The first kappa shape index (κ1) is 11.6. The van der Waals surface area contributed by atoms with Gasteiger partial charge in [0.25, 0.3) is 0 Å². The largest absolute Gasteiger partial charge is 0.345 e. The highest BCUT2D eigenvalue weighted by Crippen LogP contribution is 1.98. The first-order chi connectivity index (χ1) is 4.13. The maximum atomic E-state index is 11.1. The molecule has 3 heteroatoms. The molecule has 0 amide bonds. The molecule has 0 aliphatic carbocycles. The van der Waals surface area contributed by atoms with E-state index in [4.69, 9.17) is 0 Å². The van der Waals surface area contributed by atoms with Crippen molar-refractivity contribution >= 4 is 0 Å². The van der Waals surface area contributed by atoms with Gasteiger partial charge in [0.05, 0.1) is 6.10 Å². The zero-order valence-corrected chi connectivity index (χ0v) is 6.32. The van der Waals surface area contributed by atoms with Gasteiger partial charge in [-0.25, -0.2) is 0 Å². The lowest BCUT2D eigenvalue weighted by atomic mass is 10.5. The summed E-state index contributed by atoms with van der Waals surface area (Å²) in [7, 11) is 0. The van der Waals surface area contributed by atoms with Crippen molar-refractivity contribution in [2.24, 2.45) is 0 Å². The van der Waals surface area contributed by atoms with Crippen LogP contribution in [-0.2, 0) is 4.74 Å². The van der Waals surface area contributed by atoms with E-state index in [0.717, 1.165) is 0 Å². The standard InChI is InChI=1S/C4H8F2O.C2H6/c1-3(2)7-4(5)6;1-2/h3-4H,1-2H3;1-2H3. The summed E-state index contributed by atoms with van der Waals surface area (Å²) in [4.78, 5) is 0. The number of ether oxygens (including phenoxy) is 1. The second-order valence-electron chi connectivity index (χ2n) is 1.45. The van der Waals surface area contributed by atoms with Gasteiger partial charge in [-0.3, -0.25) is 0 Å². The van der Waals surface area contributed by atoms with Crippen LogP contribution >= 0.6 is 0 Å². The Hall–Kier alpha value is -0.180. The number of alkyl halides is 2. The fourth-order valence-electron chi connectivity index (χ4n) is 0.206. The lowest BCUT2D eigenvalue weighted by Crippen LogP contribution is -2.06. The molecule has 0 bridgehead atoms. The number of hydrogen-bond acceptors (Lipinski definition) is 1. The Labute approximate surface area is 55.0 Å². The summed E-state index contributed by atoms with van der Waals surface area (Å²) in [6.45, 7) is 4.50. The highest BCUT2D eigenvalue weighted by Gasteiger charge is 2.02. The molecule has 0 aromatic rings. The zero-order chi connectivity index (χ0) is 7.86. The normalized spacial score (nSPS) is 9.33. The maximum Gasteiger partial charge on any atom is 0.345 e. The van der Waals surface area contributed by atoms with Crippen molar-refractivity contribution in [3.63, 3.8) is 0 Å². The summed E-state index contributed by atoms with van der Waals surface area (Å²) in [5.74, 6) is 0. The van der Waals surface area contributed by atoms with Gasteiger partial charge in [-0.1, -0.05) is 13.8 Å². The minimum absolute atomic E-state index is 0.375. The molecular weight excluding hydrogens is 126 g/mol. The molecule has 0 aromatic heterocycles. The van der Waals surface area contributed by atoms with Gasteiger partial charge < -0.3 is 4.74 Å². The summed E-state index contributed by atoms with van der Waals surface area (Å²) in [5, 5.41) is 0. The molecule has 9 heavy (non-hydrogen) atoms. The van der Waals surface area contributed by atoms with Gasteiger partial charge >= 0.3 is 6.61 Å². The molecule has 0 atom stereocenters.